The molecule has 2 fully saturated rings. The molecule has 2 unspecified atom stereocenters. The molecule has 4 atom stereocenters. The minimum Gasteiger partial charge on any atom is -0.497 e. The fourth-order valence-electron chi connectivity index (χ4n) is 5.43. The van der Waals surface area contributed by atoms with Crippen LogP contribution in [0.4, 0.5) is 8.78 Å². The summed E-state index contributed by atoms with van der Waals surface area (Å²) in [5.74, 6) is -2.31. The molecule has 0 aromatic heterocycles. The van der Waals surface area contributed by atoms with Crippen LogP contribution < -0.4 is 15.4 Å². The van der Waals surface area contributed by atoms with Crippen molar-refractivity contribution in [2.45, 2.75) is 55.7 Å². The number of nitrogens with one attached hydrogen (secondary N) is 2. The molecular formula is C29H38F2N4O6S. The van der Waals surface area contributed by atoms with Gasteiger partial charge in [-0.25, -0.2) is 17.2 Å². The summed E-state index contributed by atoms with van der Waals surface area (Å²) < 4.78 is 61.1. The molecule has 2 aromatic rings. The zero-order valence-electron chi connectivity index (χ0n) is 23.8. The van der Waals surface area contributed by atoms with Gasteiger partial charge in [0.05, 0.1) is 30.1 Å². The Labute approximate surface area is 245 Å². The van der Waals surface area contributed by atoms with E-state index in [0.29, 0.717) is 12.3 Å². The number of amides is 2. The van der Waals surface area contributed by atoms with Crippen molar-refractivity contribution in [1.82, 2.24) is 19.8 Å². The van der Waals surface area contributed by atoms with E-state index in [4.69, 9.17) is 4.74 Å². The van der Waals surface area contributed by atoms with Gasteiger partial charge in [-0.3, -0.25) is 9.59 Å². The second-order valence-electron chi connectivity index (χ2n) is 10.8. The van der Waals surface area contributed by atoms with Crippen LogP contribution >= 0.6 is 0 Å². The summed E-state index contributed by atoms with van der Waals surface area (Å²) in [5.41, 5.74) is 0.211. The Morgan fingerprint density at radius 2 is 1.86 bits per heavy atom. The van der Waals surface area contributed by atoms with Gasteiger partial charge in [0.15, 0.2) is 0 Å². The third-order valence-corrected chi connectivity index (χ3v) is 9.64. The van der Waals surface area contributed by atoms with Crippen LogP contribution in [0.25, 0.3) is 0 Å². The van der Waals surface area contributed by atoms with Gasteiger partial charge in [0.2, 0.25) is 21.8 Å². The molecule has 2 aliphatic heterocycles. The molecule has 2 heterocycles. The maximum Gasteiger partial charge on any atom is 0.243 e. The summed E-state index contributed by atoms with van der Waals surface area (Å²) in [6, 6.07) is 7.11. The first-order valence-electron chi connectivity index (χ1n) is 14.1. The van der Waals surface area contributed by atoms with E-state index < -0.39 is 51.7 Å². The second-order valence-corrected chi connectivity index (χ2v) is 12.7. The number of rotatable bonds is 12. The highest BCUT2D eigenvalue weighted by atomic mass is 32.2. The number of likely N-dealkylation sites (tertiary alicyclic amines) is 1. The van der Waals surface area contributed by atoms with Crippen molar-refractivity contribution in [3.05, 3.63) is 59.7 Å². The van der Waals surface area contributed by atoms with Crippen LogP contribution in [0.15, 0.2) is 47.4 Å². The number of nitrogens with zero attached hydrogens (tertiary/aromatic N) is 2. The number of carbonyl (C=O) groups is 2. The van der Waals surface area contributed by atoms with Crippen molar-refractivity contribution in [3.63, 3.8) is 0 Å². The van der Waals surface area contributed by atoms with Gasteiger partial charge in [-0.1, -0.05) is 13.3 Å². The number of benzene rings is 2. The first-order chi connectivity index (χ1) is 20.0. The smallest absolute Gasteiger partial charge is 0.243 e. The molecule has 2 aromatic carbocycles. The number of piperazine rings is 1. The predicted octanol–water partition coefficient (Wildman–Crippen LogP) is 1.67. The number of halogens is 2. The summed E-state index contributed by atoms with van der Waals surface area (Å²) in [6.07, 6.45) is 0.296. The van der Waals surface area contributed by atoms with E-state index in [1.54, 1.807) is 17.0 Å². The Balaban J connectivity index is 1.52. The molecule has 2 saturated heterocycles. The standard InChI is InChI=1S/C29H38F2N4O6S/c1-3-4-10-34-17-20(15-27(34)36)29(38)33-25(14-19-12-21(30)16-22(31)13-19)28(37)26-18-35(11-9-32-26)42(39,40)24-7-5-23(41-2)6-8-24/h5-8,12-13,16,20,25-26,28,32,37H,3-4,9-11,14-15,17-18H2,1-2H3,(H,33,38)/t20?,25?,26-,28+/m1/s1. The van der Waals surface area contributed by atoms with Gasteiger partial charge in [0.1, 0.15) is 17.4 Å². The lowest BCUT2D eigenvalue weighted by Gasteiger charge is -2.38. The lowest BCUT2D eigenvalue weighted by atomic mass is 9.94. The first kappa shape index (κ1) is 31.8. The highest BCUT2D eigenvalue weighted by Gasteiger charge is 2.39. The lowest BCUT2D eigenvalue weighted by Crippen LogP contribution is -2.62. The van der Waals surface area contributed by atoms with Gasteiger partial charge in [0, 0.05) is 51.3 Å². The Hall–Kier alpha value is -3.13. The summed E-state index contributed by atoms with van der Waals surface area (Å²) in [7, 11) is -2.43. The van der Waals surface area contributed by atoms with Crippen molar-refractivity contribution >= 4 is 21.8 Å². The molecule has 0 radical (unpaired) electrons. The quantitative estimate of drug-likeness (QED) is 0.335. The molecule has 0 spiro atoms. The monoisotopic (exact) mass is 608 g/mol. The lowest BCUT2D eigenvalue weighted by molar-refractivity contribution is -0.129. The van der Waals surface area contributed by atoms with Crippen molar-refractivity contribution in [2.75, 3.05) is 39.8 Å². The number of hydrogen-bond acceptors (Lipinski definition) is 7. The minimum absolute atomic E-state index is 0.0303. The maximum absolute atomic E-state index is 14.0. The minimum atomic E-state index is -3.91. The second kappa shape index (κ2) is 13.9. The Bertz CT molecular complexity index is 1340. The average molecular weight is 609 g/mol. The Kier molecular flexibility index (Phi) is 10.5. The van der Waals surface area contributed by atoms with Crippen LogP contribution in [0, 0.1) is 17.6 Å². The fraction of sp³-hybridized carbons (Fsp3) is 0.517. The molecule has 230 valence electrons. The zero-order chi connectivity index (χ0) is 30.4. The number of aliphatic hydroxyl groups excluding tert-OH is 1. The van der Waals surface area contributed by atoms with Crippen molar-refractivity contribution < 1.29 is 36.6 Å². The Morgan fingerprint density at radius 3 is 2.50 bits per heavy atom. The molecule has 4 rings (SSSR count). The molecule has 3 N–H and O–H groups in total. The number of ether oxygens (including phenoxy) is 1. The molecule has 0 aliphatic carbocycles. The number of unbranched alkanes of at least 4 members (excludes halogenated alkanes) is 1. The molecule has 2 amide bonds. The largest absolute Gasteiger partial charge is 0.497 e. The van der Waals surface area contributed by atoms with Crippen molar-refractivity contribution in [3.8, 4) is 5.75 Å². The average Bonchev–Trinajstić information content (AvgIpc) is 3.35. The highest BCUT2D eigenvalue weighted by Crippen LogP contribution is 2.23. The van der Waals surface area contributed by atoms with Crippen LogP contribution in [0.1, 0.15) is 31.7 Å². The maximum atomic E-state index is 14.0. The molecule has 0 bridgehead atoms. The normalized spacial score (nSPS) is 21.3. The zero-order valence-corrected chi connectivity index (χ0v) is 24.6. The fourth-order valence-corrected chi connectivity index (χ4v) is 6.89. The van der Waals surface area contributed by atoms with Crippen molar-refractivity contribution in [1.29, 1.82) is 0 Å². The molecular weight excluding hydrogens is 570 g/mol. The topological polar surface area (TPSA) is 128 Å². The van der Waals surface area contributed by atoms with E-state index in [0.717, 1.165) is 31.0 Å². The first-order valence-corrected chi connectivity index (χ1v) is 15.5. The summed E-state index contributed by atoms with van der Waals surface area (Å²) in [6.45, 7) is 3.09. The van der Waals surface area contributed by atoms with Gasteiger partial charge in [0.25, 0.3) is 0 Å². The van der Waals surface area contributed by atoms with Gasteiger partial charge >= 0.3 is 0 Å². The molecule has 10 nitrogen and oxygen atoms in total. The van der Waals surface area contributed by atoms with Crippen LogP contribution in [0.5, 0.6) is 5.75 Å². The molecule has 42 heavy (non-hydrogen) atoms. The summed E-state index contributed by atoms with van der Waals surface area (Å²) in [4.78, 5) is 27.5. The van der Waals surface area contributed by atoms with E-state index in [9.17, 15) is 31.9 Å². The number of sulfonamides is 1. The number of methoxy groups -OCH3 is 1. The van der Waals surface area contributed by atoms with Crippen LogP contribution in [-0.2, 0) is 26.0 Å². The number of aliphatic hydroxyl groups is 1. The third kappa shape index (κ3) is 7.63. The van der Waals surface area contributed by atoms with Crippen LogP contribution in [0.2, 0.25) is 0 Å². The number of hydrogen-bond donors (Lipinski definition) is 3. The number of carbonyl (C=O) groups excluding carboxylic acids is 2. The molecule has 2 aliphatic rings. The van der Waals surface area contributed by atoms with E-state index in [1.165, 1.54) is 23.5 Å². The van der Waals surface area contributed by atoms with E-state index >= 15 is 0 Å². The van der Waals surface area contributed by atoms with Gasteiger partial charge in [-0.15, -0.1) is 0 Å². The van der Waals surface area contributed by atoms with Gasteiger partial charge in [-0.05, 0) is 54.8 Å². The van der Waals surface area contributed by atoms with Crippen LogP contribution in [-0.4, -0.2) is 92.6 Å². The van der Waals surface area contributed by atoms with E-state index in [-0.39, 0.29) is 55.4 Å². The van der Waals surface area contributed by atoms with E-state index in [2.05, 4.69) is 10.6 Å². The van der Waals surface area contributed by atoms with Gasteiger partial charge in [-0.2, -0.15) is 4.31 Å². The highest BCUT2D eigenvalue weighted by molar-refractivity contribution is 7.89. The van der Waals surface area contributed by atoms with E-state index in [1.807, 2.05) is 6.92 Å². The third-order valence-electron chi connectivity index (χ3n) is 7.76. The Morgan fingerprint density at radius 1 is 1.17 bits per heavy atom. The molecule has 13 heteroatoms. The summed E-state index contributed by atoms with van der Waals surface area (Å²) in [5, 5.41) is 17.4. The van der Waals surface area contributed by atoms with Crippen molar-refractivity contribution in [2.24, 2.45) is 5.92 Å². The van der Waals surface area contributed by atoms with Crippen LogP contribution in [0.3, 0.4) is 0 Å². The van der Waals surface area contributed by atoms with Gasteiger partial charge < -0.3 is 25.4 Å². The predicted molar refractivity (Wildman–Crippen MR) is 151 cm³/mol. The molecule has 0 saturated carbocycles. The summed E-state index contributed by atoms with van der Waals surface area (Å²) >= 11 is 0. The SMILES string of the molecule is CCCCN1CC(C(=O)NC(Cc2cc(F)cc(F)c2)[C@H](O)[C@H]2CN(S(=O)(=O)c3ccc(OC)cc3)CCN2)CC1=O.